The zero-order valence-electron chi connectivity index (χ0n) is 27.8. The van der Waals surface area contributed by atoms with Crippen molar-refractivity contribution in [3.63, 3.8) is 0 Å². The Morgan fingerprint density at radius 3 is 1.59 bits per heavy atom. The molecule has 0 bridgehead atoms. The van der Waals surface area contributed by atoms with Crippen LogP contribution in [0.5, 0.6) is 0 Å². The predicted molar refractivity (Wildman–Crippen MR) is 173 cm³/mol. The lowest BCUT2D eigenvalue weighted by molar-refractivity contribution is -0.870. The minimum absolute atomic E-state index is 0.0385. The third kappa shape index (κ3) is 32.5. The summed E-state index contributed by atoms with van der Waals surface area (Å²) in [4.78, 5) is 9.82. The number of ether oxygens (including phenoxy) is 2. The number of methoxy groups -OCH3 is 1. The van der Waals surface area contributed by atoms with E-state index in [0.29, 0.717) is 24.2 Å². The molecule has 0 saturated heterocycles. The first-order valence-electron chi connectivity index (χ1n) is 16.9. The summed E-state index contributed by atoms with van der Waals surface area (Å²) < 4.78 is 33.8. The average Bonchev–Trinajstić information content (AvgIpc) is 2.91. The van der Waals surface area contributed by atoms with Crippen LogP contribution in [0.4, 0.5) is 0 Å². The van der Waals surface area contributed by atoms with E-state index < -0.39 is 13.9 Å². The molecule has 0 amide bonds. The molecule has 0 aliphatic carbocycles. The van der Waals surface area contributed by atoms with Crippen molar-refractivity contribution in [2.45, 2.75) is 141 Å². The van der Waals surface area contributed by atoms with Crippen molar-refractivity contribution in [3.8, 4) is 0 Å². The van der Waals surface area contributed by atoms with Crippen LogP contribution < -0.4 is 0 Å². The number of unbranched alkanes of at least 4 members (excludes halogenated alkanes) is 18. The van der Waals surface area contributed by atoms with Gasteiger partial charge in [0.15, 0.2) is 0 Å². The first-order valence-corrected chi connectivity index (χ1v) is 18.4. The van der Waals surface area contributed by atoms with Crippen LogP contribution in [0.1, 0.15) is 135 Å². The predicted octanol–water partition coefficient (Wildman–Crippen LogP) is 9.24. The van der Waals surface area contributed by atoms with Crippen LogP contribution in [-0.2, 0) is 23.1 Å². The van der Waals surface area contributed by atoms with E-state index in [2.05, 4.69) is 19.1 Å². The summed E-state index contributed by atoms with van der Waals surface area (Å²) in [6, 6.07) is 0. The van der Waals surface area contributed by atoms with Gasteiger partial charge in [0.2, 0.25) is 0 Å². The zero-order chi connectivity index (χ0) is 30.5. The molecule has 0 heterocycles. The SMILES string of the molecule is CCCCCCCCCCCCC/C=C\CCCCCCCCCOC[C@H](COP(=O)(O)OCC[N+](C)(C)C)OC. The van der Waals surface area contributed by atoms with Gasteiger partial charge in [0.05, 0.1) is 34.4 Å². The largest absolute Gasteiger partial charge is 0.472 e. The number of hydrogen-bond donors (Lipinski definition) is 1. The van der Waals surface area contributed by atoms with Gasteiger partial charge in [-0.1, -0.05) is 115 Å². The monoisotopic (exact) mass is 606 g/mol. The highest BCUT2D eigenvalue weighted by Gasteiger charge is 2.24. The Kier molecular flexibility index (Phi) is 28.3. The second-order valence-electron chi connectivity index (χ2n) is 12.6. The van der Waals surface area contributed by atoms with E-state index in [9.17, 15) is 9.46 Å². The standard InChI is InChI=1S/C33H68NO6P/c1-6-7-8-9-10-11-12-13-14-15-16-17-18-19-20-21-22-23-24-25-26-27-29-38-31-33(37-5)32-40-41(35,36)39-30-28-34(2,3)4/h18-19,33H,6-17,20-32H2,1-5H3/p+1/b19-18-/t33-/m1/s1. The molecule has 0 aromatic rings. The third-order valence-corrected chi connectivity index (χ3v) is 8.36. The van der Waals surface area contributed by atoms with Crippen LogP contribution in [0.3, 0.4) is 0 Å². The molecular weight excluding hydrogens is 537 g/mol. The lowest BCUT2D eigenvalue weighted by Crippen LogP contribution is -2.37. The van der Waals surface area contributed by atoms with Crippen molar-refractivity contribution in [2.24, 2.45) is 0 Å². The van der Waals surface area contributed by atoms with E-state index in [1.165, 1.54) is 122 Å². The highest BCUT2D eigenvalue weighted by atomic mass is 31.2. The minimum atomic E-state index is -4.08. The van der Waals surface area contributed by atoms with Gasteiger partial charge in [0.1, 0.15) is 19.3 Å². The van der Waals surface area contributed by atoms with Crippen LogP contribution in [-0.4, -0.2) is 76.7 Å². The van der Waals surface area contributed by atoms with Gasteiger partial charge in [-0.3, -0.25) is 9.05 Å². The molecule has 1 N–H and O–H groups in total. The second-order valence-corrected chi connectivity index (χ2v) is 14.1. The highest BCUT2D eigenvalue weighted by Crippen LogP contribution is 2.43. The first kappa shape index (κ1) is 40.7. The van der Waals surface area contributed by atoms with Gasteiger partial charge >= 0.3 is 7.82 Å². The van der Waals surface area contributed by atoms with Crippen LogP contribution in [0.25, 0.3) is 0 Å². The topological polar surface area (TPSA) is 74.2 Å². The number of rotatable bonds is 32. The van der Waals surface area contributed by atoms with Crippen LogP contribution in [0.15, 0.2) is 12.2 Å². The number of likely N-dealkylation sites (N-methyl/N-ethyl adjacent to an activating group) is 1. The van der Waals surface area contributed by atoms with Crippen molar-refractivity contribution in [1.82, 2.24) is 0 Å². The Morgan fingerprint density at radius 2 is 1.12 bits per heavy atom. The Balaban J connectivity index is 3.44. The maximum absolute atomic E-state index is 12.0. The summed E-state index contributed by atoms with van der Waals surface area (Å²) >= 11 is 0. The molecule has 0 rings (SSSR count). The molecule has 0 aromatic carbocycles. The molecule has 0 aliphatic heterocycles. The molecule has 0 spiro atoms. The van der Waals surface area contributed by atoms with Crippen molar-refractivity contribution in [1.29, 1.82) is 0 Å². The van der Waals surface area contributed by atoms with Gasteiger partial charge in [0, 0.05) is 13.7 Å². The van der Waals surface area contributed by atoms with Gasteiger partial charge in [-0.25, -0.2) is 4.57 Å². The van der Waals surface area contributed by atoms with Crippen LogP contribution >= 0.6 is 7.82 Å². The van der Waals surface area contributed by atoms with E-state index in [4.69, 9.17) is 18.5 Å². The summed E-state index contributed by atoms with van der Waals surface area (Å²) in [5.41, 5.74) is 0. The van der Waals surface area contributed by atoms with Gasteiger partial charge < -0.3 is 18.9 Å². The first-order chi connectivity index (χ1) is 19.7. The average molecular weight is 607 g/mol. The molecule has 0 aromatic heterocycles. The smallest absolute Gasteiger partial charge is 0.379 e. The fourth-order valence-corrected chi connectivity index (χ4v) is 5.30. The molecule has 8 heteroatoms. The molecule has 246 valence electrons. The molecule has 2 atom stereocenters. The fourth-order valence-electron chi connectivity index (χ4n) is 4.56. The van der Waals surface area contributed by atoms with E-state index in [1.807, 2.05) is 21.1 Å². The number of allylic oxidation sites excluding steroid dienone is 2. The van der Waals surface area contributed by atoms with Gasteiger partial charge in [-0.05, 0) is 32.1 Å². The Morgan fingerprint density at radius 1 is 0.659 bits per heavy atom. The molecule has 0 fully saturated rings. The highest BCUT2D eigenvalue weighted by molar-refractivity contribution is 7.47. The second kappa shape index (κ2) is 28.5. The molecule has 0 saturated carbocycles. The number of phosphoric ester groups is 1. The summed E-state index contributed by atoms with van der Waals surface area (Å²) in [6.45, 7) is 4.02. The number of hydrogen-bond acceptors (Lipinski definition) is 5. The normalized spacial score (nSPS) is 14.6. The quantitative estimate of drug-likeness (QED) is 0.0356. The minimum Gasteiger partial charge on any atom is -0.379 e. The summed E-state index contributed by atoms with van der Waals surface area (Å²) in [6.07, 6.45) is 31.1. The summed E-state index contributed by atoms with van der Waals surface area (Å²) in [7, 11) is 3.44. The van der Waals surface area contributed by atoms with E-state index >= 15 is 0 Å². The molecule has 1 unspecified atom stereocenters. The number of nitrogens with zero attached hydrogens (tertiary/aromatic N) is 1. The van der Waals surface area contributed by atoms with Crippen LogP contribution in [0.2, 0.25) is 0 Å². The van der Waals surface area contributed by atoms with Crippen molar-refractivity contribution >= 4 is 7.82 Å². The molecule has 0 radical (unpaired) electrons. The maximum Gasteiger partial charge on any atom is 0.472 e. The number of quaternary nitrogens is 1. The Bertz CT molecular complexity index is 625. The van der Waals surface area contributed by atoms with Crippen molar-refractivity contribution in [2.75, 3.05) is 61.2 Å². The molecule has 41 heavy (non-hydrogen) atoms. The molecule has 0 aliphatic rings. The lowest BCUT2D eigenvalue weighted by atomic mass is 10.0. The fraction of sp³-hybridized carbons (Fsp3) is 0.939. The van der Waals surface area contributed by atoms with E-state index in [1.54, 1.807) is 7.11 Å². The summed E-state index contributed by atoms with van der Waals surface area (Å²) in [5, 5.41) is 0. The van der Waals surface area contributed by atoms with Crippen LogP contribution in [0, 0.1) is 0 Å². The van der Waals surface area contributed by atoms with Crippen molar-refractivity contribution in [3.05, 3.63) is 12.2 Å². The zero-order valence-corrected chi connectivity index (χ0v) is 28.7. The third-order valence-electron chi connectivity index (χ3n) is 7.38. The maximum atomic E-state index is 12.0. The number of phosphoric acid groups is 1. The van der Waals surface area contributed by atoms with E-state index in [0.717, 1.165) is 6.42 Å². The van der Waals surface area contributed by atoms with E-state index in [-0.39, 0.29) is 13.2 Å². The lowest BCUT2D eigenvalue weighted by Gasteiger charge is -2.24. The molecule has 7 nitrogen and oxygen atoms in total. The van der Waals surface area contributed by atoms with Gasteiger partial charge in [-0.2, -0.15) is 0 Å². The Hall–Kier alpha value is -0.270. The summed E-state index contributed by atoms with van der Waals surface area (Å²) in [5.74, 6) is 0. The Labute approximate surface area is 254 Å². The van der Waals surface area contributed by atoms with Crippen molar-refractivity contribution < 1.29 is 32.5 Å². The van der Waals surface area contributed by atoms with Gasteiger partial charge in [0.25, 0.3) is 0 Å². The van der Waals surface area contributed by atoms with Gasteiger partial charge in [-0.15, -0.1) is 0 Å². The molecular formula is C33H69NO6P+.